The maximum absolute atomic E-state index is 13.7. The molecule has 5 aromatic rings. The summed E-state index contributed by atoms with van der Waals surface area (Å²) in [5.74, 6) is -0.0596. The van der Waals surface area contributed by atoms with Crippen LogP contribution in [-0.2, 0) is 13.0 Å². The van der Waals surface area contributed by atoms with Gasteiger partial charge < -0.3 is 4.90 Å². The molecule has 0 spiro atoms. The van der Waals surface area contributed by atoms with Crippen molar-refractivity contribution in [1.82, 2.24) is 19.5 Å². The maximum atomic E-state index is 13.7. The molecule has 5 rings (SSSR count). The summed E-state index contributed by atoms with van der Waals surface area (Å²) in [4.78, 5) is 21.2. The molecule has 32 heavy (non-hydrogen) atoms. The fourth-order valence-corrected chi connectivity index (χ4v) is 4.52. The highest BCUT2D eigenvalue weighted by atomic mass is 32.1. The molecule has 0 saturated heterocycles. The average Bonchev–Trinajstić information content (AvgIpc) is 3.53. The van der Waals surface area contributed by atoms with Crippen LogP contribution < -0.4 is 0 Å². The summed E-state index contributed by atoms with van der Waals surface area (Å²) >= 11 is 1.64. The molecule has 3 aromatic heterocycles. The van der Waals surface area contributed by atoms with Gasteiger partial charge in [-0.3, -0.25) is 4.79 Å². The van der Waals surface area contributed by atoms with Crippen molar-refractivity contribution in [3.05, 3.63) is 113 Å². The number of amides is 1. The monoisotopic (exact) mass is 438 g/mol. The second kappa shape index (κ2) is 9.16. The Hall–Kier alpha value is -3.77. The number of nitrogens with zero attached hydrogens (tertiary/aromatic N) is 4. The highest BCUT2D eigenvalue weighted by molar-refractivity contribution is 7.13. The Kier molecular flexibility index (Phi) is 5.77. The highest BCUT2D eigenvalue weighted by Crippen LogP contribution is 2.26. The van der Waals surface area contributed by atoms with Crippen molar-refractivity contribution in [2.75, 3.05) is 6.54 Å². The zero-order valence-electron chi connectivity index (χ0n) is 17.5. The Morgan fingerprint density at radius 3 is 2.38 bits per heavy atom. The normalized spacial score (nSPS) is 11.0. The van der Waals surface area contributed by atoms with Crippen molar-refractivity contribution < 1.29 is 4.79 Å². The molecule has 5 nitrogen and oxygen atoms in total. The summed E-state index contributed by atoms with van der Waals surface area (Å²) < 4.78 is 1.76. The summed E-state index contributed by atoms with van der Waals surface area (Å²) in [6.07, 6.45) is 4.17. The molecule has 0 bridgehead atoms. The maximum Gasteiger partial charge on any atom is 0.259 e. The zero-order valence-corrected chi connectivity index (χ0v) is 18.3. The summed E-state index contributed by atoms with van der Waals surface area (Å²) in [6, 6.07) is 26.3. The highest BCUT2D eigenvalue weighted by Gasteiger charge is 2.22. The van der Waals surface area contributed by atoms with Crippen LogP contribution in [0.4, 0.5) is 0 Å². The fourth-order valence-electron chi connectivity index (χ4n) is 3.79. The molecule has 1 amide bonds. The van der Waals surface area contributed by atoms with Gasteiger partial charge >= 0.3 is 0 Å². The van der Waals surface area contributed by atoms with Gasteiger partial charge in [-0.25, -0.2) is 9.50 Å². The largest absolute Gasteiger partial charge is 0.334 e. The molecular formula is C26H22N4OS. The van der Waals surface area contributed by atoms with E-state index in [1.165, 1.54) is 5.56 Å². The molecule has 0 unspecified atom stereocenters. The Balaban J connectivity index is 1.47. The van der Waals surface area contributed by atoms with Crippen LogP contribution in [0.2, 0.25) is 0 Å². The van der Waals surface area contributed by atoms with E-state index in [0.717, 1.165) is 22.6 Å². The molecule has 0 radical (unpaired) electrons. The number of benzene rings is 2. The van der Waals surface area contributed by atoms with E-state index in [2.05, 4.69) is 22.2 Å². The first-order valence-corrected chi connectivity index (χ1v) is 11.4. The lowest BCUT2D eigenvalue weighted by Gasteiger charge is -2.22. The third-order valence-corrected chi connectivity index (χ3v) is 6.31. The molecule has 158 valence electrons. The van der Waals surface area contributed by atoms with Crippen LogP contribution in [0.3, 0.4) is 0 Å². The number of carbonyl (C=O) groups is 1. The van der Waals surface area contributed by atoms with Gasteiger partial charge in [0.1, 0.15) is 5.56 Å². The van der Waals surface area contributed by atoms with E-state index in [-0.39, 0.29) is 5.91 Å². The number of hydrogen-bond donors (Lipinski definition) is 0. The predicted molar refractivity (Wildman–Crippen MR) is 128 cm³/mol. The summed E-state index contributed by atoms with van der Waals surface area (Å²) in [7, 11) is 0. The molecule has 0 saturated carbocycles. The van der Waals surface area contributed by atoms with Crippen LogP contribution in [0.25, 0.3) is 16.2 Å². The van der Waals surface area contributed by atoms with Crippen molar-refractivity contribution >= 4 is 22.9 Å². The van der Waals surface area contributed by atoms with E-state index in [0.29, 0.717) is 24.3 Å². The van der Waals surface area contributed by atoms with Crippen molar-refractivity contribution in [2.24, 2.45) is 0 Å². The van der Waals surface area contributed by atoms with Crippen LogP contribution in [0.1, 0.15) is 21.5 Å². The van der Waals surface area contributed by atoms with Gasteiger partial charge in [0.05, 0.1) is 16.8 Å². The molecule has 0 N–H and O–H groups in total. The topological polar surface area (TPSA) is 50.5 Å². The Morgan fingerprint density at radius 1 is 0.906 bits per heavy atom. The number of aromatic nitrogens is 3. The van der Waals surface area contributed by atoms with Gasteiger partial charge in [-0.1, -0.05) is 66.7 Å². The van der Waals surface area contributed by atoms with Crippen LogP contribution in [0.5, 0.6) is 0 Å². The van der Waals surface area contributed by atoms with Crippen LogP contribution >= 0.6 is 11.3 Å². The third kappa shape index (κ3) is 4.18. The quantitative estimate of drug-likeness (QED) is 0.344. The molecular weight excluding hydrogens is 416 g/mol. The second-order valence-electron chi connectivity index (χ2n) is 7.55. The molecule has 3 heterocycles. The summed E-state index contributed by atoms with van der Waals surface area (Å²) in [5.41, 5.74) is 4.34. The molecule has 0 aliphatic rings. The Bertz CT molecular complexity index is 1310. The van der Waals surface area contributed by atoms with Crippen LogP contribution in [-0.4, -0.2) is 31.9 Å². The first-order valence-electron chi connectivity index (χ1n) is 10.5. The van der Waals surface area contributed by atoms with Gasteiger partial charge in [0.15, 0.2) is 5.65 Å². The van der Waals surface area contributed by atoms with Crippen molar-refractivity contribution in [3.63, 3.8) is 0 Å². The molecule has 0 atom stereocenters. The number of carbonyl (C=O) groups excluding carboxylic acids is 1. The Morgan fingerprint density at radius 2 is 1.66 bits per heavy atom. The van der Waals surface area contributed by atoms with E-state index >= 15 is 0 Å². The van der Waals surface area contributed by atoms with E-state index in [1.807, 2.05) is 77.0 Å². The standard InChI is InChI=1S/C26H22N4OS/c31-26(22-18-28-30-23(13-15-27-25(22)30)24-12-7-17-32-24)29(19-21-10-5-2-6-11-21)16-14-20-8-3-1-4-9-20/h1-13,15,17-18H,14,16,19H2. The molecule has 0 fully saturated rings. The minimum atomic E-state index is -0.0596. The number of hydrogen-bond acceptors (Lipinski definition) is 4. The lowest BCUT2D eigenvalue weighted by Crippen LogP contribution is -2.32. The predicted octanol–water partition coefficient (Wildman–Crippen LogP) is 5.34. The van der Waals surface area contributed by atoms with E-state index < -0.39 is 0 Å². The number of thiophene rings is 1. The first kappa shape index (κ1) is 20.2. The summed E-state index contributed by atoms with van der Waals surface area (Å²) in [6.45, 7) is 1.15. The van der Waals surface area contributed by atoms with Gasteiger partial charge in [0, 0.05) is 19.3 Å². The van der Waals surface area contributed by atoms with Gasteiger partial charge in [-0.05, 0) is 35.1 Å². The number of fused-ring (bicyclic) bond motifs is 1. The van der Waals surface area contributed by atoms with Crippen molar-refractivity contribution in [2.45, 2.75) is 13.0 Å². The van der Waals surface area contributed by atoms with Crippen molar-refractivity contribution in [1.29, 1.82) is 0 Å². The van der Waals surface area contributed by atoms with Crippen LogP contribution in [0.15, 0.2) is 96.6 Å². The molecule has 2 aromatic carbocycles. The lowest BCUT2D eigenvalue weighted by atomic mass is 10.1. The minimum absolute atomic E-state index is 0.0596. The Labute approximate surface area is 190 Å². The van der Waals surface area contributed by atoms with Gasteiger partial charge in [-0.15, -0.1) is 11.3 Å². The molecule has 0 aliphatic carbocycles. The van der Waals surface area contributed by atoms with E-state index in [9.17, 15) is 4.79 Å². The molecule has 0 aliphatic heterocycles. The first-order chi connectivity index (χ1) is 15.8. The smallest absolute Gasteiger partial charge is 0.259 e. The SMILES string of the molecule is O=C(c1cnn2c(-c3cccs3)ccnc12)N(CCc1ccccc1)Cc1ccccc1. The average molecular weight is 439 g/mol. The summed E-state index contributed by atoms with van der Waals surface area (Å²) in [5, 5.41) is 6.55. The van der Waals surface area contributed by atoms with Crippen LogP contribution in [0, 0.1) is 0 Å². The van der Waals surface area contributed by atoms with E-state index in [1.54, 1.807) is 28.2 Å². The van der Waals surface area contributed by atoms with Gasteiger partial charge in [0.25, 0.3) is 5.91 Å². The third-order valence-electron chi connectivity index (χ3n) is 5.42. The lowest BCUT2D eigenvalue weighted by molar-refractivity contribution is 0.0747. The van der Waals surface area contributed by atoms with Gasteiger partial charge in [-0.2, -0.15) is 5.10 Å². The molecule has 6 heteroatoms. The van der Waals surface area contributed by atoms with Gasteiger partial charge in [0.2, 0.25) is 0 Å². The van der Waals surface area contributed by atoms with E-state index in [4.69, 9.17) is 0 Å². The minimum Gasteiger partial charge on any atom is -0.334 e. The zero-order chi connectivity index (χ0) is 21.8. The number of rotatable bonds is 7. The fraction of sp³-hybridized carbons (Fsp3) is 0.115. The van der Waals surface area contributed by atoms with Crippen molar-refractivity contribution in [3.8, 4) is 10.6 Å². The second-order valence-corrected chi connectivity index (χ2v) is 8.50.